The minimum Gasteiger partial charge on any atom is -0.372 e. The molecule has 0 saturated carbocycles. The minimum absolute atomic E-state index is 0.823. The van der Waals surface area contributed by atoms with E-state index in [1.807, 2.05) is 6.07 Å². The van der Waals surface area contributed by atoms with Crippen LogP contribution in [0.1, 0.15) is 45.6 Å². The molecule has 1 aromatic rings. The molecule has 0 amide bonds. The van der Waals surface area contributed by atoms with Crippen LogP contribution in [0.3, 0.4) is 0 Å². The van der Waals surface area contributed by atoms with Crippen molar-refractivity contribution in [2.24, 2.45) is 0 Å². The maximum Gasteiger partial charge on any atom is 0.0412 e. The molecule has 19 heavy (non-hydrogen) atoms. The van der Waals surface area contributed by atoms with Crippen LogP contribution in [0.15, 0.2) is 18.2 Å². The van der Waals surface area contributed by atoms with E-state index in [4.69, 9.17) is 11.6 Å². The fourth-order valence-electron chi connectivity index (χ4n) is 2.20. The first kappa shape index (κ1) is 16.3. The first-order valence-electron chi connectivity index (χ1n) is 7.47. The second-order valence-electron chi connectivity index (χ2n) is 4.88. The lowest BCUT2D eigenvalue weighted by Gasteiger charge is -2.26. The Bertz CT molecular complexity index is 366. The third-order valence-electron chi connectivity index (χ3n) is 3.29. The Balaban J connectivity index is 2.83. The van der Waals surface area contributed by atoms with E-state index in [0.717, 1.165) is 37.6 Å². The van der Waals surface area contributed by atoms with Gasteiger partial charge in [0.2, 0.25) is 0 Å². The zero-order valence-electron chi connectivity index (χ0n) is 12.5. The summed E-state index contributed by atoms with van der Waals surface area (Å²) in [5.41, 5.74) is 2.63. The molecule has 1 aromatic carbocycles. The van der Waals surface area contributed by atoms with E-state index in [1.165, 1.54) is 24.1 Å². The Kier molecular flexibility index (Phi) is 7.92. The van der Waals surface area contributed by atoms with Crippen LogP contribution in [-0.4, -0.2) is 19.6 Å². The Morgan fingerprint density at radius 1 is 1.16 bits per heavy atom. The van der Waals surface area contributed by atoms with Gasteiger partial charge in [0.25, 0.3) is 0 Å². The number of nitrogens with one attached hydrogen (secondary N) is 1. The van der Waals surface area contributed by atoms with E-state index in [2.05, 4.69) is 43.1 Å². The smallest absolute Gasteiger partial charge is 0.0412 e. The summed E-state index contributed by atoms with van der Waals surface area (Å²) < 4.78 is 0. The van der Waals surface area contributed by atoms with Gasteiger partial charge in [-0.3, -0.25) is 0 Å². The molecule has 0 fully saturated rings. The zero-order valence-corrected chi connectivity index (χ0v) is 13.3. The molecule has 1 rings (SSSR count). The molecule has 0 aliphatic heterocycles. The summed E-state index contributed by atoms with van der Waals surface area (Å²) in [6, 6.07) is 6.24. The Morgan fingerprint density at radius 3 is 2.58 bits per heavy atom. The first-order valence-corrected chi connectivity index (χ1v) is 7.84. The average molecular weight is 283 g/mol. The molecular weight excluding hydrogens is 256 g/mol. The number of hydrogen-bond donors (Lipinski definition) is 1. The molecule has 0 unspecified atom stereocenters. The fourth-order valence-corrected chi connectivity index (χ4v) is 2.40. The van der Waals surface area contributed by atoms with Gasteiger partial charge in [-0.2, -0.15) is 0 Å². The van der Waals surface area contributed by atoms with Gasteiger partial charge in [-0.05, 0) is 50.1 Å². The lowest BCUT2D eigenvalue weighted by molar-refractivity contribution is 0.669. The van der Waals surface area contributed by atoms with Gasteiger partial charge in [0.1, 0.15) is 0 Å². The van der Waals surface area contributed by atoms with Gasteiger partial charge in [-0.15, -0.1) is 0 Å². The molecule has 108 valence electrons. The van der Waals surface area contributed by atoms with Crippen molar-refractivity contribution in [3.05, 3.63) is 28.8 Å². The summed E-state index contributed by atoms with van der Waals surface area (Å²) in [6.45, 7) is 10.7. The van der Waals surface area contributed by atoms with Crippen molar-refractivity contribution < 1.29 is 0 Å². The van der Waals surface area contributed by atoms with Crippen LogP contribution in [-0.2, 0) is 6.54 Å². The van der Waals surface area contributed by atoms with Crippen LogP contribution in [0.25, 0.3) is 0 Å². The summed E-state index contributed by atoms with van der Waals surface area (Å²) in [4.78, 5) is 2.45. The molecule has 3 heteroatoms. The molecule has 0 bridgehead atoms. The van der Waals surface area contributed by atoms with Crippen LogP contribution >= 0.6 is 11.6 Å². The number of halogens is 1. The lowest BCUT2D eigenvalue weighted by atomic mass is 10.1. The van der Waals surface area contributed by atoms with Gasteiger partial charge in [0.05, 0.1) is 0 Å². The van der Waals surface area contributed by atoms with Crippen LogP contribution in [0.4, 0.5) is 5.69 Å². The molecule has 1 N–H and O–H groups in total. The van der Waals surface area contributed by atoms with Crippen molar-refractivity contribution in [3.8, 4) is 0 Å². The topological polar surface area (TPSA) is 15.3 Å². The van der Waals surface area contributed by atoms with Crippen LogP contribution < -0.4 is 10.2 Å². The summed E-state index contributed by atoms with van der Waals surface area (Å²) in [6.07, 6.45) is 3.62. The van der Waals surface area contributed by atoms with E-state index in [9.17, 15) is 0 Å². The van der Waals surface area contributed by atoms with E-state index in [-0.39, 0.29) is 0 Å². The Morgan fingerprint density at radius 2 is 1.95 bits per heavy atom. The second kappa shape index (κ2) is 9.22. The van der Waals surface area contributed by atoms with Crippen LogP contribution in [0.5, 0.6) is 0 Å². The van der Waals surface area contributed by atoms with Gasteiger partial charge in [0.15, 0.2) is 0 Å². The molecule has 0 aliphatic carbocycles. The molecule has 0 spiro atoms. The van der Waals surface area contributed by atoms with Crippen molar-refractivity contribution >= 4 is 17.3 Å². The van der Waals surface area contributed by atoms with Gasteiger partial charge in [-0.1, -0.05) is 31.9 Å². The quantitative estimate of drug-likeness (QED) is 0.673. The molecule has 0 atom stereocenters. The highest BCUT2D eigenvalue weighted by molar-refractivity contribution is 6.30. The summed E-state index contributed by atoms with van der Waals surface area (Å²) in [5.74, 6) is 0. The standard InChI is InChI=1S/C16H27ClN2/c1-4-7-11-19(6-3)16-9-8-15(17)12-14(16)13-18-10-5-2/h8-9,12,18H,4-7,10-11,13H2,1-3H3. The van der Waals surface area contributed by atoms with Gasteiger partial charge in [0, 0.05) is 30.3 Å². The average Bonchev–Trinajstić information content (AvgIpc) is 2.41. The third-order valence-corrected chi connectivity index (χ3v) is 3.52. The van der Waals surface area contributed by atoms with Crippen LogP contribution in [0, 0.1) is 0 Å². The lowest BCUT2D eigenvalue weighted by Crippen LogP contribution is -2.26. The number of hydrogen-bond acceptors (Lipinski definition) is 2. The molecule has 0 radical (unpaired) electrons. The normalized spacial score (nSPS) is 10.7. The molecule has 0 aliphatic rings. The maximum absolute atomic E-state index is 6.14. The summed E-state index contributed by atoms with van der Waals surface area (Å²) in [5, 5.41) is 4.29. The Labute approximate surface area is 123 Å². The highest BCUT2D eigenvalue weighted by Gasteiger charge is 2.09. The summed E-state index contributed by atoms with van der Waals surface area (Å²) in [7, 11) is 0. The maximum atomic E-state index is 6.14. The fraction of sp³-hybridized carbons (Fsp3) is 0.625. The largest absolute Gasteiger partial charge is 0.372 e. The monoisotopic (exact) mass is 282 g/mol. The van der Waals surface area contributed by atoms with E-state index >= 15 is 0 Å². The number of rotatable bonds is 9. The molecule has 2 nitrogen and oxygen atoms in total. The van der Waals surface area contributed by atoms with Gasteiger partial charge in [-0.25, -0.2) is 0 Å². The van der Waals surface area contributed by atoms with Gasteiger partial charge < -0.3 is 10.2 Å². The van der Waals surface area contributed by atoms with Crippen LogP contribution in [0.2, 0.25) is 5.02 Å². The SMILES string of the molecule is CCCCN(CC)c1ccc(Cl)cc1CNCCC. The second-order valence-corrected chi connectivity index (χ2v) is 5.32. The predicted molar refractivity (Wildman–Crippen MR) is 86.2 cm³/mol. The van der Waals surface area contributed by atoms with Crippen molar-refractivity contribution in [1.82, 2.24) is 5.32 Å². The number of nitrogens with zero attached hydrogens (tertiary/aromatic N) is 1. The van der Waals surface area contributed by atoms with Crippen molar-refractivity contribution in [2.75, 3.05) is 24.5 Å². The Hall–Kier alpha value is -0.730. The van der Waals surface area contributed by atoms with Crippen molar-refractivity contribution in [3.63, 3.8) is 0 Å². The minimum atomic E-state index is 0.823. The van der Waals surface area contributed by atoms with Gasteiger partial charge >= 0.3 is 0 Å². The molecule has 0 aromatic heterocycles. The zero-order chi connectivity index (χ0) is 14.1. The number of unbranched alkanes of at least 4 members (excludes halogenated alkanes) is 1. The van der Waals surface area contributed by atoms with E-state index < -0.39 is 0 Å². The van der Waals surface area contributed by atoms with E-state index in [1.54, 1.807) is 0 Å². The third kappa shape index (κ3) is 5.42. The molecule has 0 heterocycles. The highest BCUT2D eigenvalue weighted by atomic mass is 35.5. The number of benzene rings is 1. The predicted octanol–water partition coefficient (Wildman–Crippen LogP) is 4.47. The van der Waals surface area contributed by atoms with E-state index in [0.29, 0.717) is 0 Å². The van der Waals surface area contributed by atoms with Crippen molar-refractivity contribution in [2.45, 2.75) is 46.6 Å². The number of anilines is 1. The molecular formula is C16H27ClN2. The van der Waals surface area contributed by atoms with Crippen molar-refractivity contribution in [1.29, 1.82) is 0 Å². The summed E-state index contributed by atoms with van der Waals surface area (Å²) >= 11 is 6.14. The molecule has 0 saturated heterocycles. The highest BCUT2D eigenvalue weighted by Crippen LogP contribution is 2.24. The first-order chi connectivity index (χ1) is 9.22.